The molecule has 35 heavy (non-hydrogen) atoms. The number of sulfonamides is 1. The predicted octanol–water partition coefficient (Wildman–Crippen LogP) is 3.97. The minimum atomic E-state index is -4.02. The molecule has 3 rings (SSSR count). The van der Waals surface area contributed by atoms with E-state index in [2.05, 4.69) is 10.5 Å². The third-order valence-electron chi connectivity index (χ3n) is 5.57. The number of para-hydroxylation sites is 1. The number of methoxy groups -OCH3 is 2. The second-order valence-corrected chi connectivity index (χ2v) is 9.78. The number of hydrogen-bond donors (Lipinski definition) is 1. The van der Waals surface area contributed by atoms with Crippen LogP contribution in [0.4, 0.5) is 5.69 Å². The number of benzene rings is 3. The maximum absolute atomic E-state index is 13.6. The lowest BCUT2D eigenvalue weighted by atomic mass is 10.1. The molecule has 0 atom stereocenters. The molecule has 0 aliphatic rings. The minimum absolute atomic E-state index is 0.0985. The van der Waals surface area contributed by atoms with Crippen molar-refractivity contribution in [3.8, 4) is 11.5 Å². The van der Waals surface area contributed by atoms with E-state index in [0.29, 0.717) is 22.7 Å². The van der Waals surface area contributed by atoms with Gasteiger partial charge in [-0.15, -0.1) is 0 Å². The highest BCUT2D eigenvalue weighted by Crippen LogP contribution is 2.30. The van der Waals surface area contributed by atoms with E-state index >= 15 is 0 Å². The Morgan fingerprint density at radius 2 is 1.66 bits per heavy atom. The van der Waals surface area contributed by atoms with E-state index in [0.717, 1.165) is 21.0 Å². The first kappa shape index (κ1) is 25.8. The van der Waals surface area contributed by atoms with Gasteiger partial charge in [0.15, 0.2) is 11.5 Å². The number of amides is 1. The molecule has 0 aliphatic carbocycles. The van der Waals surface area contributed by atoms with E-state index < -0.39 is 22.5 Å². The van der Waals surface area contributed by atoms with Crippen molar-refractivity contribution in [1.82, 2.24) is 5.43 Å². The fourth-order valence-corrected chi connectivity index (χ4v) is 4.97. The van der Waals surface area contributed by atoms with Gasteiger partial charge >= 0.3 is 0 Å². The molecule has 0 fully saturated rings. The molecule has 0 unspecified atom stereocenters. The number of carbonyl (C=O) groups is 1. The number of carbonyl (C=O) groups excluding carboxylic acids is 1. The summed E-state index contributed by atoms with van der Waals surface area (Å²) in [6.07, 6.45) is 1.41. The summed E-state index contributed by atoms with van der Waals surface area (Å²) in [5.74, 6) is 0.389. The van der Waals surface area contributed by atoms with E-state index in [1.165, 1.54) is 32.6 Å². The fraction of sp³-hybridized carbons (Fsp3) is 0.231. The quantitative estimate of drug-likeness (QED) is 0.358. The van der Waals surface area contributed by atoms with Crippen molar-refractivity contribution < 1.29 is 22.7 Å². The SMILES string of the molecule is COc1cccc(/C=N\NC(=O)CN(c2cccc(C)c2C)S(=O)(=O)c2ccc(C)cc2)c1OC. The van der Waals surface area contributed by atoms with Gasteiger partial charge in [-0.3, -0.25) is 9.10 Å². The highest BCUT2D eigenvalue weighted by Gasteiger charge is 2.28. The lowest BCUT2D eigenvalue weighted by molar-refractivity contribution is -0.119. The highest BCUT2D eigenvalue weighted by molar-refractivity contribution is 7.92. The third kappa shape index (κ3) is 5.81. The molecule has 8 nitrogen and oxygen atoms in total. The van der Waals surface area contributed by atoms with Gasteiger partial charge in [0.05, 0.1) is 31.0 Å². The van der Waals surface area contributed by atoms with Gasteiger partial charge in [-0.2, -0.15) is 5.10 Å². The zero-order valence-electron chi connectivity index (χ0n) is 20.4. The third-order valence-corrected chi connectivity index (χ3v) is 7.34. The molecule has 9 heteroatoms. The fourth-order valence-electron chi connectivity index (χ4n) is 3.50. The van der Waals surface area contributed by atoms with Crippen molar-refractivity contribution in [3.05, 3.63) is 82.9 Å². The van der Waals surface area contributed by atoms with Gasteiger partial charge in [-0.1, -0.05) is 35.9 Å². The average Bonchev–Trinajstić information content (AvgIpc) is 2.84. The van der Waals surface area contributed by atoms with Crippen LogP contribution >= 0.6 is 0 Å². The van der Waals surface area contributed by atoms with Gasteiger partial charge < -0.3 is 9.47 Å². The number of hydrazone groups is 1. The van der Waals surface area contributed by atoms with E-state index in [1.807, 2.05) is 26.8 Å². The van der Waals surface area contributed by atoms with Gasteiger partial charge in [-0.05, 0) is 62.2 Å². The van der Waals surface area contributed by atoms with Crippen LogP contribution in [0.3, 0.4) is 0 Å². The Kier molecular flexibility index (Phi) is 8.14. The van der Waals surface area contributed by atoms with Crippen LogP contribution in [-0.2, 0) is 14.8 Å². The summed E-state index contributed by atoms with van der Waals surface area (Å²) in [4.78, 5) is 12.9. The van der Waals surface area contributed by atoms with Gasteiger partial charge in [-0.25, -0.2) is 13.8 Å². The first-order valence-electron chi connectivity index (χ1n) is 10.9. The smallest absolute Gasteiger partial charge is 0.264 e. The molecule has 0 spiro atoms. The number of hydrogen-bond acceptors (Lipinski definition) is 6. The summed E-state index contributed by atoms with van der Waals surface area (Å²) >= 11 is 0. The Morgan fingerprint density at radius 1 is 0.971 bits per heavy atom. The minimum Gasteiger partial charge on any atom is -0.493 e. The monoisotopic (exact) mass is 495 g/mol. The van der Waals surface area contributed by atoms with Crippen molar-refractivity contribution >= 4 is 27.8 Å². The number of aryl methyl sites for hydroxylation is 2. The Labute approximate surface area is 206 Å². The van der Waals surface area contributed by atoms with Crippen LogP contribution in [0, 0.1) is 20.8 Å². The molecule has 184 valence electrons. The summed E-state index contributed by atoms with van der Waals surface area (Å²) in [6.45, 7) is 5.14. The predicted molar refractivity (Wildman–Crippen MR) is 137 cm³/mol. The van der Waals surface area contributed by atoms with Gasteiger partial charge in [0.2, 0.25) is 0 Å². The maximum atomic E-state index is 13.6. The van der Waals surface area contributed by atoms with Crippen molar-refractivity contribution in [2.75, 3.05) is 25.1 Å². The molecule has 0 saturated heterocycles. The molecule has 1 amide bonds. The summed E-state index contributed by atoms with van der Waals surface area (Å²) in [5, 5.41) is 4.00. The van der Waals surface area contributed by atoms with Crippen LogP contribution in [-0.4, -0.2) is 41.3 Å². The molecule has 0 radical (unpaired) electrons. The normalized spacial score (nSPS) is 11.3. The van der Waals surface area contributed by atoms with Crippen LogP contribution in [0.1, 0.15) is 22.3 Å². The Hall–Kier alpha value is -3.85. The standard InChI is InChI=1S/C26H29N3O5S/c1-18-12-14-22(15-13-18)35(31,32)29(23-10-6-8-19(2)20(23)3)17-25(30)28-27-16-21-9-7-11-24(33-4)26(21)34-5/h6-16H,17H2,1-5H3,(H,28,30)/b27-16-. The van der Waals surface area contributed by atoms with Crippen LogP contribution in [0.5, 0.6) is 11.5 Å². The van der Waals surface area contributed by atoms with Crippen LogP contribution in [0.15, 0.2) is 70.7 Å². The second kappa shape index (κ2) is 11.1. The highest BCUT2D eigenvalue weighted by atomic mass is 32.2. The van der Waals surface area contributed by atoms with E-state index in [4.69, 9.17) is 9.47 Å². The Balaban J connectivity index is 1.90. The van der Waals surface area contributed by atoms with Gasteiger partial charge in [0.1, 0.15) is 6.54 Å². The molecule has 1 N–H and O–H groups in total. The maximum Gasteiger partial charge on any atom is 0.264 e. The second-order valence-electron chi connectivity index (χ2n) is 7.92. The van der Waals surface area contributed by atoms with Crippen molar-refractivity contribution in [1.29, 1.82) is 0 Å². The topological polar surface area (TPSA) is 97.3 Å². The number of nitrogens with zero attached hydrogens (tertiary/aromatic N) is 2. The molecule has 0 saturated carbocycles. The van der Waals surface area contributed by atoms with Crippen molar-refractivity contribution in [2.24, 2.45) is 5.10 Å². The lowest BCUT2D eigenvalue weighted by Crippen LogP contribution is -2.40. The number of ether oxygens (including phenoxy) is 2. The first-order chi connectivity index (χ1) is 16.7. The molecule has 0 aromatic heterocycles. The average molecular weight is 496 g/mol. The molecule has 0 bridgehead atoms. The molecule has 3 aromatic carbocycles. The number of rotatable bonds is 9. The van der Waals surface area contributed by atoms with E-state index in [9.17, 15) is 13.2 Å². The van der Waals surface area contributed by atoms with E-state index in [1.54, 1.807) is 42.5 Å². The molecule has 3 aromatic rings. The lowest BCUT2D eigenvalue weighted by Gasteiger charge is -2.26. The van der Waals surface area contributed by atoms with Crippen molar-refractivity contribution in [2.45, 2.75) is 25.7 Å². The number of anilines is 1. The van der Waals surface area contributed by atoms with Crippen LogP contribution < -0.4 is 19.2 Å². The molecule has 0 aliphatic heterocycles. The van der Waals surface area contributed by atoms with Crippen LogP contribution in [0.2, 0.25) is 0 Å². The zero-order valence-corrected chi connectivity index (χ0v) is 21.2. The largest absolute Gasteiger partial charge is 0.493 e. The Bertz CT molecular complexity index is 1340. The van der Waals surface area contributed by atoms with Gasteiger partial charge in [0, 0.05) is 5.56 Å². The van der Waals surface area contributed by atoms with Crippen molar-refractivity contribution in [3.63, 3.8) is 0 Å². The first-order valence-corrected chi connectivity index (χ1v) is 12.3. The van der Waals surface area contributed by atoms with Gasteiger partial charge in [0.25, 0.3) is 15.9 Å². The summed E-state index contributed by atoms with van der Waals surface area (Å²) in [6, 6.07) is 17.1. The van der Waals surface area contributed by atoms with E-state index in [-0.39, 0.29) is 4.90 Å². The number of nitrogens with one attached hydrogen (secondary N) is 1. The summed E-state index contributed by atoms with van der Waals surface area (Å²) in [7, 11) is -0.988. The Morgan fingerprint density at radius 3 is 2.31 bits per heavy atom. The molecular formula is C26H29N3O5S. The summed E-state index contributed by atoms with van der Waals surface area (Å²) in [5.41, 5.74) is 6.04. The zero-order chi connectivity index (χ0) is 25.6. The molecular weight excluding hydrogens is 466 g/mol. The summed E-state index contributed by atoms with van der Waals surface area (Å²) < 4.78 is 38.9. The van der Waals surface area contributed by atoms with Crippen LogP contribution in [0.25, 0.3) is 0 Å². The molecule has 0 heterocycles.